The summed E-state index contributed by atoms with van der Waals surface area (Å²) in [5, 5.41) is 36.5. The summed E-state index contributed by atoms with van der Waals surface area (Å²) in [4.78, 5) is 113. The molecule has 8 atom stereocenters. The van der Waals surface area contributed by atoms with Crippen molar-refractivity contribution in [1.82, 2.24) is 41.7 Å². The summed E-state index contributed by atoms with van der Waals surface area (Å²) in [6, 6.07) is 0.295. The van der Waals surface area contributed by atoms with E-state index >= 15 is 0 Å². The molecule has 0 aromatic heterocycles. The van der Waals surface area contributed by atoms with Crippen molar-refractivity contribution in [2.45, 2.75) is 128 Å². The van der Waals surface area contributed by atoms with Gasteiger partial charge in [-0.15, -0.1) is 0 Å². The first-order valence-corrected chi connectivity index (χ1v) is 20.2. The first-order chi connectivity index (χ1) is 27.5. The Morgan fingerprint density at radius 1 is 0.621 bits per heavy atom. The van der Waals surface area contributed by atoms with Gasteiger partial charge in [0.15, 0.2) is 0 Å². The van der Waals surface area contributed by atoms with Crippen molar-refractivity contribution in [3.05, 3.63) is 35.9 Å². The molecule has 0 unspecified atom stereocenters. The lowest BCUT2D eigenvalue weighted by Gasteiger charge is -2.32. The number of fused-ring (bicyclic) bond motifs is 2. The van der Waals surface area contributed by atoms with Gasteiger partial charge in [0.05, 0.1) is 19.3 Å². The van der Waals surface area contributed by atoms with Gasteiger partial charge in [-0.05, 0) is 62.8 Å². The van der Waals surface area contributed by atoms with Gasteiger partial charge in [0.2, 0.25) is 47.3 Å². The fourth-order valence-electron chi connectivity index (χ4n) is 7.64. The molecule has 58 heavy (non-hydrogen) atoms. The molecule has 320 valence electrons. The molecule has 0 aliphatic carbocycles. The Hall–Kier alpha value is -5.10. The van der Waals surface area contributed by atoms with Crippen LogP contribution in [0, 0.1) is 11.8 Å². The molecule has 0 radical (unpaired) electrons. The van der Waals surface area contributed by atoms with E-state index in [9.17, 15) is 48.6 Å². The minimum absolute atomic E-state index is 0.0320. The fourth-order valence-corrected chi connectivity index (χ4v) is 7.64. The van der Waals surface area contributed by atoms with E-state index in [1.54, 1.807) is 30.3 Å². The van der Waals surface area contributed by atoms with E-state index in [4.69, 9.17) is 0 Å². The topological polar surface area (TPSA) is 256 Å². The standard InChI is InChI=1S/C40H60N8O10/c1-22(2)17-26-34(52)41-20-32(51)46-33(24(5)50)38(56)44-28(18-23(3)4)39(57)47-15-9-14-31(47)37(55)45-29(21-49)40(58)48-16-10-13-30(48)36(54)43-27(35(53)42-26)19-25-11-7-6-8-12-25/h6-8,11-12,22-24,26-31,33,49-50H,9-10,13-21H2,1-5H3,(H,41,52)(H,42,53)(H,43,54)(H,44,56)(H,45,55)(H,46,51)/t24-,26+,27+,28+,29+,30+,31+,33+/m1/s1. The van der Waals surface area contributed by atoms with Crippen molar-refractivity contribution in [1.29, 1.82) is 0 Å². The van der Waals surface area contributed by atoms with Crippen LogP contribution in [0.4, 0.5) is 0 Å². The van der Waals surface area contributed by atoms with E-state index in [1.165, 1.54) is 16.7 Å². The van der Waals surface area contributed by atoms with Gasteiger partial charge in [-0.3, -0.25) is 38.4 Å². The summed E-state index contributed by atoms with van der Waals surface area (Å²) in [6.45, 7) is 7.50. The van der Waals surface area contributed by atoms with Gasteiger partial charge in [0.25, 0.3) is 0 Å². The van der Waals surface area contributed by atoms with Crippen LogP contribution in [0.5, 0.6) is 0 Å². The van der Waals surface area contributed by atoms with Crippen LogP contribution in [0.25, 0.3) is 0 Å². The van der Waals surface area contributed by atoms with Gasteiger partial charge in [0, 0.05) is 19.5 Å². The number of hydrogen-bond donors (Lipinski definition) is 8. The van der Waals surface area contributed by atoms with E-state index in [2.05, 4.69) is 31.9 Å². The zero-order valence-electron chi connectivity index (χ0n) is 34.0. The second-order valence-electron chi connectivity index (χ2n) is 16.3. The van der Waals surface area contributed by atoms with Gasteiger partial charge in [-0.1, -0.05) is 58.0 Å². The van der Waals surface area contributed by atoms with E-state index in [0.29, 0.717) is 18.4 Å². The summed E-state index contributed by atoms with van der Waals surface area (Å²) in [5.74, 6) is -5.94. The Morgan fingerprint density at radius 3 is 1.66 bits per heavy atom. The highest BCUT2D eigenvalue weighted by Gasteiger charge is 2.43. The molecule has 3 fully saturated rings. The number of hydrogen-bond acceptors (Lipinski definition) is 10. The Morgan fingerprint density at radius 2 is 1.12 bits per heavy atom. The average Bonchev–Trinajstić information content (AvgIpc) is 3.87. The monoisotopic (exact) mass is 812 g/mol. The summed E-state index contributed by atoms with van der Waals surface area (Å²) < 4.78 is 0. The van der Waals surface area contributed by atoms with Crippen LogP contribution in [0.15, 0.2) is 30.3 Å². The SMILES string of the molecule is CC(C)C[C@@H]1NC(=O)[C@H](Cc2ccccc2)NC(=O)[C@@H]2CCCN2C(=O)[C@H](CO)NC(=O)[C@@H]2CCCN2C(=O)[C@H](CC(C)C)NC(=O)[C@H]([C@@H](C)O)NC(=O)CNC1=O. The maximum Gasteiger partial charge on any atom is 0.248 e. The second-order valence-corrected chi connectivity index (χ2v) is 16.3. The Bertz CT molecular complexity index is 1660. The van der Waals surface area contributed by atoms with Crippen LogP contribution < -0.4 is 31.9 Å². The Labute approximate surface area is 339 Å². The molecule has 4 rings (SSSR count). The lowest BCUT2D eigenvalue weighted by Crippen LogP contribution is -2.61. The molecule has 3 aliphatic rings. The van der Waals surface area contributed by atoms with Crippen molar-refractivity contribution >= 4 is 47.3 Å². The predicted molar refractivity (Wildman–Crippen MR) is 210 cm³/mol. The van der Waals surface area contributed by atoms with Crippen LogP contribution in [0.3, 0.4) is 0 Å². The van der Waals surface area contributed by atoms with Crippen molar-refractivity contribution in [2.24, 2.45) is 11.8 Å². The average molecular weight is 813 g/mol. The van der Waals surface area contributed by atoms with E-state index in [0.717, 1.165) is 0 Å². The summed E-state index contributed by atoms with van der Waals surface area (Å²) in [5.41, 5.74) is 0.701. The number of carbonyl (C=O) groups excluding carboxylic acids is 8. The maximum absolute atomic E-state index is 14.0. The zero-order chi connectivity index (χ0) is 42.7. The minimum Gasteiger partial charge on any atom is -0.394 e. The molecule has 3 saturated heterocycles. The third-order valence-corrected chi connectivity index (χ3v) is 10.6. The highest BCUT2D eigenvalue weighted by atomic mass is 16.3. The van der Waals surface area contributed by atoms with E-state index < -0.39 is 109 Å². The number of aliphatic hydroxyl groups excluding tert-OH is 2. The molecule has 3 aliphatic heterocycles. The number of amides is 8. The Balaban J connectivity index is 1.70. The predicted octanol–water partition coefficient (Wildman–Crippen LogP) is -1.77. The van der Waals surface area contributed by atoms with Crippen LogP contribution in [-0.2, 0) is 44.8 Å². The molecule has 0 spiro atoms. The minimum atomic E-state index is -1.53. The number of nitrogens with one attached hydrogen (secondary N) is 6. The summed E-state index contributed by atoms with van der Waals surface area (Å²) in [7, 11) is 0. The smallest absolute Gasteiger partial charge is 0.248 e. The molecule has 3 heterocycles. The molecule has 18 heteroatoms. The fraction of sp³-hybridized carbons (Fsp3) is 0.650. The van der Waals surface area contributed by atoms with Crippen molar-refractivity contribution in [3.8, 4) is 0 Å². The van der Waals surface area contributed by atoms with E-state index in [1.807, 2.05) is 27.7 Å². The highest BCUT2D eigenvalue weighted by molar-refractivity contribution is 5.99. The lowest BCUT2D eigenvalue weighted by atomic mass is 10.0. The third-order valence-electron chi connectivity index (χ3n) is 10.6. The number of rotatable bonds is 8. The number of aliphatic hydroxyl groups is 2. The largest absolute Gasteiger partial charge is 0.394 e. The third kappa shape index (κ3) is 12.2. The highest BCUT2D eigenvalue weighted by Crippen LogP contribution is 2.23. The molecular weight excluding hydrogens is 752 g/mol. The lowest BCUT2D eigenvalue weighted by molar-refractivity contribution is -0.145. The van der Waals surface area contributed by atoms with Crippen LogP contribution in [0.2, 0.25) is 0 Å². The second kappa shape index (κ2) is 21.1. The maximum atomic E-state index is 14.0. The van der Waals surface area contributed by atoms with Crippen molar-refractivity contribution in [2.75, 3.05) is 26.2 Å². The van der Waals surface area contributed by atoms with Gasteiger partial charge in [0.1, 0.15) is 42.3 Å². The molecule has 8 amide bonds. The molecular formula is C40H60N8O10. The molecule has 0 bridgehead atoms. The van der Waals surface area contributed by atoms with Gasteiger partial charge >= 0.3 is 0 Å². The van der Waals surface area contributed by atoms with Crippen LogP contribution >= 0.6 is 0 Å². The molecule has 0 saturated carbocycles. The van der Waals surface area contributed by atoms with Gasteiger partial charge in [-0.25, -0.2) is 0 Å². The Kier molecular flexibility index (Phi) is 16.6. The number of nitrogens with zero attached hydrogens (tertiary/aromatic N) is 2. The van der Waals surface area contributed by atoms with Crippen LogP contribution in [0.1, 0.15) is 78.7 Å². The van der Waals surface area contributed by atoms with Crippen LogP contribution in [-0.4, -0.2) is 142 Å². The van der Waals surface area contributed by atoms with Crippen molar-refractivity contribution in [3.63, 3.8) is 0 Å². The van der Waals surface area contributed by atoms with Crippen molar-refractivity contribution < 1.29 is 48.6 Å². The van der Waals surface area contributed by atoms with E-state index in [-0.39, 0.29) is 57.0 Å². The summed E-state index contributed by atoms with van der Waals surface area (Å²) >= 11 is 0. The molecule has 1 aromatic carbocycles. The quantitative estimate of drug-likeness (QED) is 0.147. The summed E-state index contributed by atoms with van der Waals surface area (Å²) in [6.07, 6.45) is 0.265. The molecule has 8 N–H and O–H groups in total. The van der Waals surface area contributed by atoms with Gasteiger partial charge in [-0.2, -0.15) is 0 Å². The number of benzene rings is 1. The zero-order valence-corrected chi connectivity index (χ0v) is 34.0. The first-order valence-electron chi connectivity index (χ1n) is 20.2. The molecule has 1 aromatic rings. The normalized spacial score (nSPS) is 28.1. The number of carbonyl (C=O) groups is 8. The molecule has 18 nitrogen and oxygen atoms in total. The first kappa shape index (κ1) is 45.6. The van der Waals surface area contributed by atoms with Gasteiger partial charge < -0.3 is 51.9 Å².